The van der Waals surface area contributed by atoms with Gasteiger partial charge in [0.1, 0.15) is 5.75 Å². The van der Waals surface area contributed by atoms with Crippen molar-refractivity contribution in [3.8, 4) is 5.75 Å². The van der Waals surface area contributed by atoms with Crippen LogP contribution in [-0.2, 0) is 16.0 Å². The molecule has 0 aliphatic heterocycles. The second kappa shape index (κ2) is 8.03. The van der Waals surface area contributed by atoms with Crippen LogP contribution in [0.4, 0.5) is 0 Å². The van der Waals surface area contributed by atoms with E-state index in [0.29, 0.717) is 19.6 Å². The predicted molar refractivity (Wildman–Crippen MR) is 80.3 cm³/mol. The summed E-state index contributed by atoms with van der Waals surface area (Å²) in [5.41, 5.74) is 2.24. The van der Waals surface area contributed by atoms with E-state index in [4.69, 9.17) is 9.47 Å². The Morgan fingerprint density at radius 1 is 1.33 bits per heavy atom. The van der Waals surface area contributed by atoms with Gasteiger partial charge in [-0.3, -0.25) is 4.79 Å². The van der Waals surface area contributed by atoms with Crippen molar-refractivity contribution in [2.45, 2.75) is 51.6 Å². The number of esters is 1. The maximum atomic E-state index is 11.2. The van der Waals surface area contributed by atoms with Gasteiger partial charge in [-0.1, -0.05) is 6.07 Å². The van der Waals surface area contributed by atoms with Crippen molar-refractivity contribution in [3.63, 3.8) is 0 Å². The summed E-state index contributed by atoms with van der Waals surface area (Å²) in [4.78, 5) is 11.2. The Morgan fingerprint density at radius 3 is 3.00 bits per heavy atom. The molecule has 4 nitrogen and oxygen atoms in total. The predicted octanol–water partition coefficient (Wildman–Crippen LogP) is 3.17. The molecule has 0 amide bonds. The highest BCUT2D eigenvalue weighted by molar-refractivity contribution is 5.69. The van der Waals surface area contributed by atoms with Gasteiger partial charge in [-0.05, 0) is 62.3 Å². The molecule has 0 aromatic heterocycles. The molecule has 1 aromatic carbocycles. The van der Waals surface area contributed by atoms with Crippen LogP contribution in [-0.4, -0.2) is 24.3 Å². The quantitative estimate of drug-likeness (QED) is 0.590. The zero-order chi connectivity index (χ0) is 15.1. The Balaban J connectivity index is 1.62. The number of aliphatic hydroxyl groups excluding tert-OH is 1. The van der Waals surface area contributed by atoms with Gasteiger partial charge in [0.05, 0.1) is 19.3 Å². The summed E-state index contributed by atoms with van der Waals surface area (Å²) in [6.07, 6.45) is 4.65. The van der Waals surface area contributed by atoms with E-state index in [1.54, 1.807) is 0 Å². The van der Waals surface area contributed by atoms with Crippen LogP contribution in [0, 0.1) is 0 Å². The molecule has 0 saturated carbocycles. The average Bonchev–Trinajstić information content (AvgIpc) is 2.84. The van der Waals surface area contributed by atoms with E-state index in [2.05, 4.69) is 0 Å². The van der Waals surface area contributed by atoms with Gasteiger partial charge in [0.2, 0.25) is 0 Å². The average molecular weight is 292 g/mol. The Morgan fingerprint density at radius 2 is 2.19 bits per heavy atom. The van der Waals surface area contributed by atoms with Crippen molar-refractivity contribution in [3.05, 3.63) is 29.3 Å². The highest BCUT2D eigenvalue weighted by atomic mass is 16.5. The zero-order valence-corrected chi connectivity index (χ0v) is 12.6. The molecule has 0 radical (unpaired) electrons. The monoisotopic (exact) mass is 292 g/mol. The van der Waals surface area contributed by atoms with Crippen LogP contribution in [0.2, 0.25) is 0 Å². The maximum Gasteiger partial charge on any atom is 0.305 e. The lowest BCUT2D eigenvalue weighted by Crippen LogP contribution is -2.04. The molecule has 1 N–H and O–H groups in total. The van der Waals surface area contributed by atoms with Crippen LogP contribution in [0.25, 0.3) is 0 Å². The molecule has 1 aliphatic carbocycles. The third-order valence-corrected chi connectivity index (χ3v) is 3.76. The van der Waals surface area contributed by atoms with Crippen LogP contribution >= 0.6 is 0 Å². The van der Waals surface area contributed by atoms with Crippen LogP contribution in [0.1, 0.15) is 56.3 Å². The molecule has 0 unspecified atom stereocenters. The lowest BCUT2D eigenvalue weighted by molar-refractivity contribution is -0.143. The first-order chi connectivity index (χ1) is 10.2. The lowest BCUT2D eigenvalue weighted by atomic mass is 10.1. The fraction of sp³-hybridized carbons (Fsp3) is 0.588. The van der Waals surface area contributed by atoms with Gasteiger partial charge in [0, 0.05) is 6.42 Å². The first-order valence-corrected chi connectivity index (χ1v) is 7.80. The third kappa shape index (κ3) is 4.74. The van der Waals surface area contributed by atoms with E-state index in [1.807, 2.05) is 25.1 Å². The van der Waals surface area contributed by atoms with Gasteiger partial charge < -0.3 is 14.6 Å². The van der Waals surface area contributed by atoms with Gasteiger partial charge in [-0.25, -0.2) is 0 Å². The molecule has 4 heteroatoms. The number of aryl methyl sites for hydroxylation is 1. The summed E-state index contributed by atoms with van der Waals surface area (Å²) < 4.78 is 10.6. The number of benzene rings is 1. The summed E-state index contributed by atoms with van der Waals surface area (Å²) >= 11 is 0. The largest absolute Gasteiger partial charge is 0.494 e. The topological polar surface area (TPSA) is 55.8 Å². The van der Waals surface area contributed by atoms with Crippen molar-refractivity contribution < 1.29 is 19.4 Å². The third-order valence-electron chi connectivity index (χ3n) is 3.76. The highest BCUT2D eigenvalue weighted by Crippen LogP contribution is 2.33. The fourth-order valence-corrected chi connectivity index (χ4v) is 2.63. The maximum absolute atomic E-state index is 11.2. The number of fused-ring (bicyclic) bond motifs is 1. The smallest absolute Gasteiger partial charge is 0.305 e. The van der Waals surface area contributed by atoms with E-state index in [1.165, 1.54) is 5.56 Å². The SMILES string of the molecule is CCOC(=O)CCCCCOc1ccc2c(c1)CC[C@@H]2O. The molecule has 0 bridgehead atoms. The van der Waals surface area contributed by atoms with Gasteiger partial charge >= 0.3 is 5.97 Å². The zero-order valence-electron chi connectivity index (χ0n) is 12.6. The highest BCUT2D eigenvalue weighted by Gasteiger charge is 2.20. The minimum Gasteiger partial charge on any atom is -0.494 e. The fourth-order valence-electron chi connectivity index (χ4n) is 2.63. The van der Waals surface area contributed by atoms with Gasteiger partial charge in [0.15, 0.2) is 0 Å². The number of carbonyl (C=O) groups excluding carboxylic acids is 1. The van der Waals surface area contributed by atoms with E-state index in [-0.39, 0.29) is 12.1 Å². The van der Waals surface area contributed by atoms with Crippen molar-refractivity contribution in [2.75, 3.05) is 13.2 Å². The molecule has 0 heterocycles. The number of rotatable bonds is 8. The molecule has 1 aliphatic rings. The minimum absolute atomic E-state index is 0.115. The minimum atomic E-state index is -0.308. The number of carbonyl (C=O) groups is 1. The van der Waals surface area contributed by atoms with Crippen LogP contribution in [0.3, 0.4) is 0 Å². The van der Waals surface area contributed by atoms with Crippen LogP contribution < -0.4 is 4.74 Å². The first kappa shape index (κ1) is 15.8. The Bertz CT molecular complexity index is 470. The molecule has 2 rings (SSSR count). The first-order valence-electron chi connectivity index (χ1n) is 7.80. The van der Waals surface area contributed by atoms with Gasteiger partial charge in [0.25, 0.3) is 0 Å². The summed E-state index contributed by atoms with van der Waals surface area (Å²) in [6, 6.07) is 5.92. The van der Waals surface area contributed by atoms with Crippen molar-refractivity contribution >= 4 is 5.97 Å². The van der Waals surface area contributed by atoms with Crippen LogP contribution in [0.15, 0.2) is 18.2 Å². The molecule has 1 atom stereocenters. The summed E-state index contributed by atoms with van der Waals surface area (Å²) in [7, 11) is 0. The molecule has 0 spiro atoms. The molecule has 116 valence electrons. The summed E-state index contributed by atoms with van der Waals surface area (Å²) in [5.74, 6) is 0.754. The number of aliphatic hydroxyl groups is 1. The van der Waals surface area contributed by atoms with Gasteiger partial charge in [-0.15, -0.1) is 0 Å². The molecule has 0 saturated heterocycles. The lowest BCUT2D eigenvalue weighted by Gasteiger charge is -2.09. The second-order valence-electron chi connectivity index (χ2n) is 5.38. The summed E-state index contributed by atoms with van der Waals surface area (Å²) in [5, 5.41) is 9.75. The standard InChI is InChI=1S/C17H24O4/c1-2-20-17(19)6-4-3-5-11-21-14-8-9-15-13(12-14)7-10-16(15)18/h8-9,12,16,18H,2-7,10-11H2,1H3/t16-/m0/s1. The van der Waals surface area contributed by atoms with E-state index >= 15 is 0 Å². The van der Waals surface area contributed by atoms with Crippen LogP contribution in [0.5, 0.6) is 5.75 Å². The molecule has 1 aromatic rings. The summed E-state index contributed by atoms with van der Waals surface area (Å²) in [6.45, 7) is 2.93. The van der Waals surface area contributed by atoms with E-state index in [0.717, 1.165) is 43.4 Å². The second-order valence-corrected chi connectivity index (χ2v) is 5.38. The normalized spacial score (nSPS) is 16.6. The van der Waals surface area contributed by atoms with E-state index < -0.39 is 0 Å². The van der Waals surface area contributed by atoms with E-state index in [9.17, 15) is 9.90 Å². The van der Waals surface area contributed by atoms with Crippen molar-refractivity contribution in [1.29, 1.82) is 0 Å². The van der Waals surface area contributed by atoms with Crippen molar-refractivity contribution in [2.24, 2.45) is 0 Å². The number of hydrogen-bond donors (Lipinski definition) is 1. The molecule has 0 fully saturated rings. The number of ether oxygens (including phenoxy) is 2. The Kier molecular flexibility index (Phi) is 6.05. The number of hydrogen-bond acceptors (Lipinski definition) is 4. The van der Waals surface area contributed by atoms with Gasteiger partial charge in [-0.2, -0.15) is 0 Å². The molecular weight excluding hydrogens is 268 g/mol. The molecule has 21 heavy (non-hydrogen) atoms. The molecular formula is C17H24O4. The number of unbranched alkanes of at least 4 members (excludes halogenated alkanes) is 2. The Labute approximate surface area is 126 Å². The van der Waals surface area contributed by atoms with Crippen molar-refractivity contribution in [1.82, 2.24) is 0 Å². The Hall–Kier alpha value is -1.55.